The number of carbonyl (C=O) groups excluding carboxylic acids is 5. The average molecular weight is 568 g/mol. The lowest BCUT2D eigenvalue weighted by atomic mass is 9.41. The van der Waals surface area contributed by atoms with Crippen LogP contribution < -0.4 is 27.8 Å². The zero-order chi connectivity index (χ0) is 30.4. The minimum atomic E-state index is -3.09. The highest BCUT2D eigenvalue weighted by Gasteiger charge is 2.83. The summed E-state index contributed by atoms with van der Waals surface area (Å²) in [5, 5.41) is 33.7. The molecular weight excluding hydrogens is 534 g/mol. The molecule has 4 aliphatic rings. The number of fused-ring (bicyclic) bond motifs is 3. The first-order chi connectivity index (χ1) is 19.1. The highest BCUT2D eigenvalue weighted by Crippen LogP contribution is 2.58. The van der Waals surface area contributed by atoms with E-state index in [0.717, 1.165) is 24.2 Å². The highest BCUT2D eigenvalue weighted by atomic mass is 16.3. The fourth-order valence-corrected chi connectivity index (χ4v) is 7.63. The van der Waals surface area contributed by atoms with Crippen LogP contribution in [0.2, 0.25) is 0 Å². The lowest BCUT2D eigenvalue weighted by Gasteiger charge is -2.64. The lowest BCUT2D eigenvalue weighted by Crippen LogP contribution is -2.92. The lowest BCUT2D eigenvalue weighted by molar-refractivity contribution is -0.181. The third-order valence-electron chi connectivity index (χ3n) is 9.58. The number of nitriles is 1. The van der Waals surface area contributed by atoms with Crippen molar-refractivity contribution in [3.63, 3.8) is 0 Å². The number of ketones is 4. The number of likely N-dealkylation sites (N-methyl/N-ethyl adjacent to an activating group) is 1. The molecule has 41 heavy (non-hydrogen) atoms. The second kappa shape index (κ2) is 9.13. The number of carbonyl (C=O) groups is 5. The average Bonchev–Trinajstić information content (AvgIpc) is 2.91. The number of aromatic hydroxyl groups is 1. The van der Waals surface area contributed by atoms with Crippen molar-refractivity contribution in [3.8, 4) is 11.8 Å². The Kier molecular flexibility index (Phi) is 6.41. The zero-order valence-corrected chi connectivity index (χ0v) is 22.7. The summed E-state index contributed by atoms with van der Waals surface area (Å²) in [6.45, 7) is 1.23. The highest BCUT2D eigenvalue weighted by molar-refractivity contribution is 6.33. The third-order valence-corrected chi connectivity index (χ3v) is 9.58. The molecule has 1 aliphatic heterocycles. The molecule has 1 amide bonds. The molecule has 2 saturated carbocycles. The van der Waals surface area contributed by atoms with Crippen LogP contribution in [0.15, 0.2) is 12.1 Å². The van der Waals surface area contributed by atoms with E-state index in [2.05, 4.69) is 0 Å². The number of phenolic OH excluding ortho intramolecular Hbond substituents is 1. The molecule has 14 nitrogen and oxygen atoms in total. The first kappa shape index (κ1) is 28.8. The summed E-state index contributed by atoms with van der Waals surface area (Å²) in [5.41, 5.74) is 17.1. The summed E-state index contributed by atoms with van der Waals surface area (Å²) in [5.74, 6) is -11.4. The number of nitrogens with zero attached hydrogens (tertiary/aromatic N) is 3. The standard InChI is InChI=1S/C27H33N7O7/c1-33(2)20-18(37)14(23(30)40)21(38)25(10-28)22(39)15-17(36)13-11(19(29)26(15,31)24(41)27(20,25)32)6-7-12(16(13)35)34-8-4-3-5-9-34/h6-7,14-15,19-20,24,35,41H,3-5,8-9,29,31-32H2,1-2H3,(H2,30,40)/t14?,15?,19-,20+,24-,25-,26+,27-/m0/s1. The van der Waals surface area contributed by atoms with E-state index in [1.165, 1.54) is 20.2 Å². The van der Waals surface area contributed by atoms with Gasteiger partial charge in [-0.3, -0.25) is 28.9 Å². The van der Waals surface area contributed by atoms with E-state index in [-0.39, 0.29) is 11.1 Å². The first-order valence-electron chi connectivity index (χ1n) is 13.3. The van der Waals surface area contributed by atoms with Gasteiger partial charge in [-0.2, -0.15) is 5.26 Å². The SMILES string of the molecule is CN(C)[C@@H]1C(=O)C(C(N)=O)C(=O)[C@@]2(C#N)C(=O)C3C(=O)c4c(ccc(N5CCCCC5)c4O)[C@H](N)[C@@]3(N)[C@H](O)[C@@]12N. The Morgan fingerprint density at radius 1 is 1.10 bits per heavy atom. The molecule has 218 valence electrons. The summed E-state index contributed by atoms with van der Waals surface area (Å²) >= 11 is 0. The van der Waals surface area contributed by atoms with Gasteiger partial charge >= 0.3 is 0 Å². The number of Topliss-reactive ketones (excluding diaryl/α,β-unsaturated/α-hetero) is 4. The predicted octanol–water partition coefficient (Wildman–Crippen LogP) is -2.77. The van der Waals surface area contributed by atoms with Crippen molar-refractivity contribution >= 4 is 34.7 Å². The van der Waals surface area contributed by atoms with Crippen molar-refractivity contribution in [2.45, 2.75) is 48.5 Å². The number of aliphatic hydroxyl groups is 1. The minimum Gasteiger partial charge on any atom is -0.505 e. The molecule has 1 aromatic carbocycles. The number of anilines is 1. The Morgan fingerprint density at radius 2 is 1.71 bits per heavy atom. The zero-order valence-electron chi connectivity index (χ0n) is 22.7. The van der Waals surface area contributed by atoms with Gasteiger partial charge in [-0.1, -0.05) is 6.07 Å². The van der Waals surface area contributed by atoms with Crippen LogP contribution in [0.3, 0.4) is 0 Å². The van der Waals surface area contributed by atoms with Crippen molar-refractivity contribution < 1.29 is 34.2 Å². The minimum absolute atomic E-state index is 0.0248. The number of amides is 1. The molecule has 3 fully saturated rings. The smallest absolute Gasteiger partial charge is 0.235 e. The second-order valence-electron chi connectivity index (χ2n) is 11.7. The number of hydrogen-bond acceptors (Lipinski definition) is 13. The van der Waals surface area contributed by atoms with Crippen LogP contribution >= 0.6 is 0 Å². The topological polar surface area (TPSA) is 260 Å². The van der Waals surface area contributed by atoms with E-state index in [0.29, 0.717) is 18.8 Å². The summed E-state index contributed by atoms with van der Waals surface area (Å²) in [4.78, 5) is 71.3. The van der Waals surface area contributed by atoms with Gasteiger partial charge in [0.2, 0.25) is 5.91 Å². The molecule has 10 N–H and O–H groups in total. The van der Waals surface area contributed by atoms with E-state index in [4.69, 9.17) is 22.9 Å². The van der Waals surface area contributed by atoms with E-state index in [1.807, 2.05) is 4.90 Å². The quantitative estimate of drug-likeness (QED) is 0.202. The molecule has 1 saturated heterocycles. The molecule has 8 atom stereocenters. The Morgan fingerprint density at radius 3 is 2.24 bits per heavy atom. The van der Waals surface area contributed by atoms with Gasteiger partial charge in [-0.25, -0.2) is 0 Å². The van der Waals surface area contributed by atoms with Gasteiger partial charge in [0.1, 0.15) is 11.7 Å². The van der Waals surface area contributed by atoms with Crippen LogP contribution in [-0.4, -0.2) is 94.6 Å². The van der Waals surface area contributed by atoms with E-state index in [1.54, 1.807) is 12.1 Å². The van der Waals surface area contributed by atoms with E-state index in [9.17, 15) is 39.4 Å². The molecule has 1 aromatic rings. The van der Waals surface area contributed by atoms with E-state index < -0.39 is 81.3 Å². The Labute approximate surface area is 235 Å². The van der Waals surface area contributed by atoms with Crippen LogP contribution in [-0.2, 0) is 19.2 Å². The number of primary amides is 1. The fourth-order valence-electron chi connectivity index (χ4n) is 7.63. The largest absolute Gasteiger partial charge is 0.505 e. The van der Waals surface area contributed by atoms with Crippen molar-refractivity contribution in [1.82, 2.24) is 4.90 Å². The molecule has 0 aromatic heterocycles. The van der Waals surface area contributed by atoms with Gasteiger partial charge in [0.05, 0.1) is 46.6 Å². The maximum absolute atomic E-state index is 14.5. The van der Waals surface area contributed by atoms with Gasteiger partial charge in [0.15, 0.2) is 34.5 Å². The Balaban J connectivity index is 1.78. The molecule has 1 heterocycles. The summed E-state index contributed by atoms with van der Waals surface area (Å²) < 4.78 is 0. The number of rotatable bonds is 3. The second-order valence-corrected chi connectivity index (χ2v) is 11.7. The van der Waals surface area contributed by atoms with Crippen LogP contribution in [0.5, 0.6) is 5.75 Å². The van der Waals surface area contributed by atoms with Gasteiger partial charge in [-0.15, -0.1) is 0 Å². The first-order valence-corrected chi connectivity index (χ1v) is 13.3. The number of benzene rings is 1. The Hall–Kier alpha value is -3.74. The monoisotopic (exact) mass is 567 g/mol. The molecule has 0 bridgehead atoms. The number of hydrogen-bond donors (Lipinski definition) is 6. The Bertz CT molecular complexity index is 1450. The summed E-state index contributed by atoms with van der Waals surface area (Å²) in [6.07, 6.45) is 0.453. The van der Waals surface area contributed by atoms with Gasteiger partial charge in [-0.05, 0) is 45.0 Å². The van der Waals surface area contributed by atoms with Crippen molar-refractivity contribution in [3.05, 3.63) is 23.3 Å². The van der Waals surface area contributed by atoms with Crippen LogP contribution in [0, 0.1) is 28.6 Å². The molecule has 3 aliphatic carbocycles. The van der Waals surface area contributed by atoms with Gasteiger partial charge in [0.25, 0.3) is 0 Å². The maximum atomic E-state index is 14.5. The van der Waals surface area contributed by atoms with Crippen LogP contribution in [0.1, 0.15) is 41.2 Å². The molecule has 0 spiro atoms. The molecular formula is C27H33N7O7. The fraction of sp³-hybridized carbons (Fsp3) is 0.556. The predicted molar refractivity (Wildman–Crippen MR) is 142 cm³/mol. The summed E-state index contributed by atoms with van der Waals surface area (Å²) in [7, 11) is 2.67. The van der Waals surface area contributed by atoms with Crippen molar-refractivity contribution in [2.75, 3.05) is 32.1 Å². The van der Waals surface area contributed by atoms with Crippen LogP contribution in [0.4, 0.5) is 5.69 Å². The number of phenols is 1. The van der Waals surface area contributed by atoms with Crippen molar-refractivity contribution in [2.24, 2.45) is 40.2 Å². The van der Waals surface area contributed by atoms with Crippen LogP contribution in [0.25, 0.3) is 0 Å². The number of aliphatic hydroxyl groups excluding tert-OH is 1. The molecule has 5 rings (SSSR count). The number of nitrogens with two attached hydrogens (primary N) is 4. The molecule has 2 unspecified atom stereocenters. The van der Waals surface area contributed by atoms with Gasteiger partial charge in [0, 0.05) is 13.1 Å². The molecule has 14 heteroatoms. The number of piperidine rings is 1. The van der Waals surface area contributed by atoms with Gasteiger partial charge < -0.3 is 38.0 Å². The van der Waals surface area contributed by atoms with E-state index >= 15 is 0 Å². The molecule has 0 radical (unpaired) electrons. The normalized spacial score (nSPS) is 38.7. The summed E-state index contributed by atoms with van der Waals surface area (Å²) in [6, 6.07) is 1.32. The van der Waals surface area contributed by atoms with Crippen molar-refractivity contribution in [1.29, 1.82) is 5.26 Å². The third kappa shape index (κ3) is 3.20. The maximum Gasteiger partial charge on any atom is 0.235 e.